The first-order valence-electron chi connectivity index (χ1n) is 11.1. The summed E-state index contributed by atoms with van der Waals surface area (Å²) in [4.78, 5) is 21.6. The predicted octanol–water partition coefficient (Wildman–Crippen LogP) is 2.36. The molecule has 2 unspecified atom stereocenters. The van der Waals surface area contributed by atoms with Gasteiger partial charge in [-0.05, 0) is 38.9 Å². The molecule has 1 aromatic carbocycles. The quantitative estimate of drug-likeness (QED) is 0.441. The van der Waals surface area contributed by atoms with Crippen molar-refractivity contribution in [2.75, 3.05) is 45.8 Å². The molecule has 2 atom stereocenters. The Bertz CT molecular complexity index is 629. The fourth-order valence-electron chi connectivity index (χ4n) is 3.88. The summed E-state index contributed by atoms with van der Waals surface area (Å²) >= 11 is 0. The van der Waals surface area contributed by atoms with Gasteiger partial charge in [-0.2, -0.15) is 0 Å². The molecule has 2 N–H and O–H groups in total. The normalized spacial score (nSPS) is 18.4. The average molecular weight is 402 g/mol. The van der Waals surface area contributed by atoms with Gasteiger partial charge in [-0.1, -0.05) is 44.2 Å². The second kappa shape index (κ2) is 12.5. The van der Waals surface area contributed by atoms with Gasteiger partial charge < -0.3 is 15.5 Å². The van der Waals surface area contributed by atoms with E-state index in [1.807, 2.05) is 11.0 Å². The van der Waals surface area contributed by atoms with Crippen molar-refractivity contribution in [3.63, 3.8) is 0 Å². The summed E-state index contributed by atoms with van der Waals surface area (Å²) in [7, 11) is 0. The van der Waals surface area contributed by atoms with Gasteiger partial charge >= 0.3 is 0 Å². The van der Waals surface area contributed by atoms with Crippen molar-refractivity contribution >= 4 is 11.9 Å². The van der Waals surface area contributed by atoms with E-state index >= 15 is 0 Å². The van der Waals surface area contributed by atoms with Gasteiger partial charge in [-0.3, -0.25) is 14.7 Å². The number of nitrogens with one attached hydrogen (secondary N) is 2. The average Bonchev–Trinajstić information content (AvgIpc) is 3.09. The number of carbonyl (C=O) groups excluding carboxylic acids is 1. The summed E-state index contributed by atoms with van der Waals surface area (Å²) < 4.78 is 0. The first-order valence-corrected chi connectivity index (χ1v) is 11.1. The van der Waals surface area contributed by atoms with Crippen LogP contribution in [0, 0.1) is 5.92 Å². The maximum absolute atomic E-state index is 12.4. The Kier molecular flexibility index (Phi) is 9.98. The van der Waals surface area contributed by atoms with Gasteiger partial charge in [0.1, 0.15) is 0 Å². The van der Waals surface area contributed by atoms with Crippen LogP contribution in [0.25, 0.3) is 0 Å². The number of aliphatic imine (C=N–C) groups is 1. The third kappa shape index (κ3) is 7.69. The number of likely N-dealkylation sites (tertiary alicyclic amines) is 1. The van der Waals surface area contributed by atoms with Crippen LogP contribution in [0.4, 0.5) is 0 Å². The van der Waals surface area contributed by atoms with Gasteiger partial charge in [0.15, 0.2) is 5.96 Å². The van der Waals surface area contributed by atoms with Gasteiger partial charge in [0.05, 0.1) is 6.54 Å². The molecule has 29 heavy (non-hydrogen) atoms. The molecule has 1 amide bonds. The molecule has 1 saturated heterocycles. The lowest BCUT2D eigenvalue weighted by Crippen LogP contribution is -2.42. The minimum atomic E-state index is 0.268. The molecule has 1 aliphatic rings. The minimum absolute atomic E-state index is 0.268. The van der Waals surface area contributed by atoms with Crippen LogP contribution in [0.5, 0.6) is 0 Å². The first-order chi connectivity index (χ1) is 14.1. The summed E-state index contributed by atoms with van der Waals surface area (Å²) in [6.07, 6.45) is 1.54. The molecule has 6 nitrogen and oxygen atoms in total. The van der Waals surface area contributed by atoms with Crippen LogP contribution < -0.4 is 10.6 Å². The molecule has 0 aromatic heterocycles. The highest BCUT2D eigenvalue weighted by molar-refractivity contribution is 5.81. The van der Waals surface area contributed by atoms with Gasteiger partial charge in [0.2, 0.25) is 5.91 Å². The second-order valence-corrected chi connectivity index (χ2v) is 7.82. The van der Waals surface area contributed by atoms with Gasteiger partial charge in [-0.15, -0.1) is 0 Å². The third-order valence-electron chi connectivity index (χ3n) is 5.66. The zero-order chi connectivity index (χ0) is 21.1. The molecule has 0 bridgehead atoms. The van der Waals surface area contributed by atoms with Crippen LogP contribution in [0.1, 0.15) is 39.7 Å². The monoisotopic (exact) mass is 401 g/mol. The molecule has 6 heteroatoms. The number of guanidine groups is 1. The van der Waals surface area contributed by atoms with Crippen molar-refractivity contribution in [1.29, 1.82) is 0 Å². The second-order valence-electron chi connectivity index (χ2n) is 7.82. The number of hydrogen-bond donors (Lipinski definition) is 2. The zero-order valence-corrected chi connectivity index (χ0v) is 18.7. The molecule has 2 rings (SSSR count). The van der Waals surface area contributed by atoms with Gasteiger partial charge in [0.25, 0.3) is 0 Å². The molecule has 162 valence electrons. The standard InChI is InChI=1S/C23H39N5O/c1-5-24-23(25-16-19(4)27(6-2)7-3)26-17-21-15-22(29)28(18-21)14-13-20-11-9-8-10-12-20/h8-12,19,21H,5-7,13-18H2,1-4H3,(H2,24,25,26). The summed E-state index contributed by atoms with van der Waals surface area (Å²) in [6, 6.07) is 10.8. The van der Waals surface area contributed by atoms with Crippen LogP contribution in [0.2, 0.25) is 0 Å². The van der Waals surface area contributed by atoms with Crippen LogP contribution in [-0.4, -0.2) is 73.5 Å². The Balaban J connectivity index is 1.80. The molecule has 0 spiro atoms. The topological polar surface area (TPSA) is 60.0 Å². The smallest absolute Gasteiger partial charge is 0.223 e. The predicted molar refractivity (Wildman–Crippen MR) is 121 cm³/mol. The maximum atomic E-state index is 12.4. The number of carbonyl (C=O) groups is 1. The highest BCUT2D eigenvalue weighted by Gasteiger charge is 2.29. The number of rotatable bonds is 11. The maximum Gasteiger partial charge on any atom is 0.223 e. The lowest BCUT2D eigenvalue weighted by atomic mass is 10.1. The molecule has 0 radical (unpaired) electrons. The van der Waals surface area contributed by atoms with E-state index in [0.717, 1.165) is 58.2 Å². The summed E-state index contributed by atoms with van der Waals surface area (Å²) in [5.74, 6) is 1.45. The number of hydrogen-bond acceptors (Lipinski definition) is 3. The van der Waals surface area contributed by atoms with E-state index < -0.39 is 0 Å². The van der Waals surface area contributed by atoms with Crippen LogP contribution in [-0.2, 0) is 11.2 Å². The van der Waals surface area contributed by atoms with E-state index in [0.29, 0.717) is 18.4 Å². The number of amides is 1. The van der Waals surface area contributed by atoms with E-state index in [1.165, 1.54) is 5.56 Å². The first kappa shape index (κ1) is 23.2. The molecular weight excluding hydrogens is 362 g/mol. The van der Waals surface area contributed by atoms with Crippen molar-refractivity contribution in [2.24, 2.45) is 10.9 Å². The Morgan fingerprint density at radius 1 is 1.21 bits per heavy atom. The van der Waals surface area contributed by atoms with E-state index in [4.69, 9.17) is 4.99 Å². The highest BCUT2D eigenvalue weighted by atomic mass is 16.2. The zero-order valence-electron chi connectivity index (χ0n) is 18.7. The lowest BCUT2D eigenvalue weighted by molar-refractivity contribution is -0.127. The van der Waals surface area contributed by atoms with Crippen molar-refractivity contribution in [1.82, 2.24) is 20.4 Å². The Morgan fingerprint density at radius 2 is 1.93 bits per heavy atom. The Labute approximate surface area is 176 Å². The largest absolute Gasteiger partial charge is 0.357 e. The number of benzene rings is 1. The Morgan fingerprint density at radius 3 is 2.59 bits per heavy atom. The molecule has 1 fully saturated rings. The van der Waals surface area contributed by atoms with Crippen LogP contribution in [0.15, 0.2) is 35.3 Å². The molecule has 1 aromatic rings. The summed E-state index contributed by atoms with van der Waals surface area (Å²) in [6.45, 7) is 14.8. The number of nitrogens with zero attached hydrogens (tertiary/aromatic N) is 3. The fourth-order valence-corrected chi connectivity index (χ4v) is 3.88. The SMILES string of the molecule is CCNC(=NCC(C)N(CC)CC)NCC1CC(=O)N(CCc2ccccc2)C1. The molecular formula is C23H39N5O. The summed E-state index contributed by atoms with van der Waals surface area (Å²) in [5, 5.41) is 6.78. The molecule has 1 heterocycles. The van der Waals surface area contributed by atoms with Crippen molar-refractivity contribution in [3.05, 3.63) is 35.9 Å². The van der Waals surface area contributed by atoms with Crippen molar-refractivity contribution in [3.8, 4) is 0 Å². The lowest BCUT2D eigenvalue weighted by Gasteiger charge is -2.25. The van der Waals surface area contributed by atoms with Crippen molar-refractivity contribution in [2.45, 2.75) is 46.6 Å². The van der Waals surface area contributed by atoms with Crippen LogP contribution in [0.3, 0.4) is 0 Å². The molecule has 1 aliphatic heterocycles. The van der Waals surface area contributed by atoms with Gasteiger partial charge in [0, 0.05) is 44.6 Å². The minimum Gasteiger partial charge on any atom is -0.357 e. The summed E-state index contributed by atoms with van der Waals surface area (Å²) in [5.41, 5.74) is 1.28. The fraction of sp³-hybridized carbons (Fsp3) is 0.652. The highest BCUT2D eigenvalue weighted by Crippen LogP contribution is 2.17. The molecule has 0 aliphatic carbocycles. The third-order valence-corrected chi connectivity index (χ3v) is 5.66. The van der Waals surface area contributed by atoms with E-state index in [-0.39, 0.29) is 5.91 Å². The van der Waals surface area contributed by atoms with Gasteiger partial charge in [-0.25, -0.2) is 0 Å². The van der Waals surface area contributed by atoms with E-state index in [9.17, 15) is 4.79 Å². The molecule has 0 saturated carbocycles. The van der Waals surface area contributed by atoms with Crippen LogP contribution >= 0.6 is 0 Å². The van der Waals surface area contributed by atoms with E-state index in [2.05, 4.69) is 67.5 Å². The van der Waals surface area contributed by atoms with E-state index in [1.54, 1.807) is 0 Å². The Hall–Kier alpha value is -2.08. The number of likely N-dealkylation sites (N-methyl/N-ethyl adjacent to an activating group) is 1. The van der Waals surface area contributed by atoms with Crippen molar-refractivity contribution < 1.29 is 4.79 Å².